The summed E-state index contributed by atoms with van der Waals surface area (Å²) in [7, 11) is 0. The van der Waals surface area contributed by atoms with Gasteiger partial charge < -0.3 is 31.1 Å². The molecule has 5 aliphatic rings. The molecule has 4 atom stereocenters. The average Bonchev–Trinajstić information content (AvgIpc) is 3.32. The summed E-state index contributed by atoms with van der Waals surface area (Å²) in [5, 5.41) is 44.7. The van der Waals surface area contributed by atoms with E-state index < -0.39 is 58.0 Å². The summed E-state index contributed by atoms with van der Waals surface area (Å²) in [5.74, 6) is -6.11. The van der Waals surface area contributed by atoms with Crippen molar-refractivity contribution in [2.75, 3.05) is 31.1 Å². The Morgan fingerprint density at radius 2 is 1.72 bits per heavy atom. The number of fused-ring (bicyclic) bond motifs is 3. The van der Waals surface area contributed by atoms with Gasteiger partial charge in [-0.25, -0.2) is 0 Å². The number of likely N-dealkylation sites (tertiary alicyclic amines) is 1. The Kier molecular flexibility index (Phi) is 5.00. The Labute approximate surface area is 207 Å². The van der Waals surface area contributed by atoms with Crippen molar-refractivity contribution in [2.24, 2.45) is 17.6 Å². The number of nitrogens with two attached hydrogens (primary N) is 1. The van der Waals surface area contributed by atoms with Crippen LogP contribution in [0, 0.1) is 11.8 Å². The predicted octanol–water partition coefficient (Wildman–Crippen LogP) is 0.708. The number of phenols is 1. The number of carbonyl (C=O) groups excluding carboxylic acids is 3. The number of amides is 1. The fourth-order valence-corrected chi connectivity index (χ4v) is 6.93. The maximum Gasteiger partial charge on any atom is 0.255 e. The first-order valence-electron chi connectivity index (χ1n) is 12.5. The van der Waals surface area contributed by atoms with Gasteiger partial charge in [-0.05, 0) is 55.7 Å². The first-order chi connectivity index (χ1) is 17.2. The second-order valence-electron chi connectivity index (χ2n) is 10.5. The SMILES string of the molecule is NC(=O)C1=C(O)C2(O)C(=O)C3=C(O)c4c(O)ccc(N5CCCC5)c4CC3CC2C(N2CCC2)C1=O. The number of anilines is 1. The second kappa shape index (κ2) is 7.81. The van der Waals surface area contributed by atoms with Crippen LogP contribution in [-0.2, 0) is 20.8 Å². The largest absolute Gasteiger partial charge is 0.508 e. The lowest BCUT2D eigenvalue weighted by molar-refractivity contribution is -0.157. The minimum Gasteiger partial charge on any atom is -0.508 e. The molecule has 0 aromatic heterocycles. The summed E-state index contributed by atoms with van der Waals surface area (Å²) < 4.78 is 0. The van der Waals surface area contributed by atoms with Gasteiger partial charge in [0.1, 0.15) is 22.8 Å². The number of nitrogens with zero attached hydrogens (tertiary/aromatic N) is 2. The number of benzene rings is 1. The van der Waals surface area contributed by atoms with Crippen molar-refractivity contribution < 1.29 is 34.8 Å². The fraction of sp³-hybridized carbons (Fsp3) is 0.500. The minimum atomic E-state index is -2.59. The molecular weight excluding hydrogens is 466 g/mol. The van der Waals surface area contributed by atoms with Crippen molar-refractivity contribution in [3.05, 3.63) is 40.2 Å². The lowest BCUT2D eigenvalue weighted by Gasteiger charge is -2.53. The van der Waals surface area contributed by atoms with Crippen LogP contribution in [0.4, 0.5) is 5.69 Å². The number of ketones is 2. The molecule has 1 aromatic carbocycles. The fourth-order valence-electron chi connectivity index (χ4n) is 6.93. The van der Waals surface area contributed by atoms with Gasteiger partial charge in [0.2, 0.25) is 5.78 Å². The molecule has 0 bridgehead atoms. The molecule has 10 heteroatoms. The highest BCUT2D eigenvalue weighted by Gasteiger charge is 2.65. The molecule has 1 saturated carbocycles. The number of hydrogen-bond acceptors (Lipinski definition) is 9. The van der Waals surface area contributed by atoms with E-state index in [2.05, 4.69) is 4.90 Å². The van der Waals surface area contributed by atoms with Crippen molar-refractivity contribution in [1.82, 2.24) is 4.90 Å². The summed E-state index contributed by atoms with van der Waals surface area (Å²) >= 11 is 0. The zero-order chi connectivity index (χ0) is 25.5. The number of aliphatic hydroxyl groups is 3. The van der Waals surface area contributed by atoms with Gasteiger partial charge >= 0.3 is 0 Å². The summed E-state index contributed by atoms with van der Waals surface area (Å²) in [5.41, 5.74) is 3.69. The monoisotopic (exact) mass is 495 g/mol. The van der Waals surface area contributed by atoms with Gasteiger partial charge in [0.25, 0.3) is 5.91 Å². The van der Waals surface area contributed by atoms with Gasteiger partial charge in [-0.3, -0.25) is 19.3 Å². The topological polar surface area (TPSA) is 165 Å². The number of hydrogen-bond donors (Lipinski definition) is 5. The molecule has 6 N–H and O–H groups in total. The zero-order valence-electron chi connectivity index (χ0n) is 19.7. The van der Waals surface area contributed by atoms with Crippen molar-refractivity contribution in [2.45, 2.75) is 43.7 Å². The molecule has 2 aliphatic heterocycles. The van der Waals surface area contributed by atoms with Crippen LogP contribution >= 0.6 is 0 Å². The van der Waals surface area contributed by atoms with Crippen molar-refractivity contribution in [3.63, 3.8) is 0 Å². The van der Waals surface area contributed by atoms with Gasteiger partial charge in [0, 0.05) is 43.4 Å². The highest BCUT2D eigenvalue weighted by Crippen LogP contribution is 2.54. The maximum atomic E-state index is 13.9. The lowest BCUT2D eigenvalue weighted by atomic mass is 9.57. The third kappa shape index (κ3) is 2.88. The number of aromatic hydroxyl groups is 1. The molecule has 0 spiro atoms. The Balaban J connectivity index is 1.53. The quantitative estimate of drug-likeness (QED) is 0.380. The van der Waals surface area contributed by atoms with E-state index in [1.807, 2.05) is 6.07 Å². The summed E-state index contributed by atoms with van der Waals surface area (Å²) in [6.45, 7) is 2.80. The molecule has 36 heavy (non-hydrogen) atoms. The summed E-state index contributed by atoms with van der Waals surface area (Å²) in [4.78, 5) is 43.4. The molecule has 2 saturated heterocycles. The highest BCUT2D eigenvalue weighted by molar-refractivity contribution is 6.24. The lowest BCUT2D eigenvalue weighted by Crippen LogP contribution is -2.68. The molecule has 1 amide bonds. The number of Topliss-reactive ketones (excluding diaryl/α,β-unsaturated/α-hetero) is 2. The number of primary amides is 1. The molecule has 4 unspecified atom stereocenters. The molecule has 6 rings (SSSR count). The number of carbonyl (C=O) groups is 3. The number of phenolic OH excluding ortho intramolecular Hbond substituents is 1. The third-order valence-corrected chi connectivity index (χ3v) is 8.75. The van der Waals surface area contributed by atoms with Crippen LogP contribution in [0.25, 0.3) is 5.76 Å². The normalized spacial score (nSPS) is 32.2. The van der Waals surface area contributed by atoms with E-state index >= 15 is 0 Å². The first-order valence-corrected chi connectivity index (χ1v) is 12.5. The van der Waals surface area contributed by atoms with Gasteiger partial charge in [0.05, 0.1) is 11.6 Å². The standard InChI is InChI=1S/C26H29N3O7/c27-25(35)19-22(32)20(29-8-3-9-29)14-11-12-10-13-15(28-6-1-2-7-28)4-5-16(30)18(13)21(31)17(12)23(33)26(14,36)24(19)34/h4-5,12,14,20,30-31,34,36H,1-3,6-11H2,(H2,27,35). The molecule has 0 radical (unpaired) electrons. The average molecular weight is 496 g/mol. The van der Waals surface area contributed by atoms with Crippen LogP contribution in [0.1, 0.15) is 36.8 Å². The van der Waals surface area contributed by atoms with E-state index in [0.717, 1.165) is 43.6 Å². The van der Waals surface area contributed by atoms with Gasteiger partial charge in [-0.1, -0.05) is 0 Å². The first kappa shape index (κ1) is 23.1. The van der Waals surface area contributed by atoms with Gasteiger partial charge in [0.15, 0.2) is 11.4 Å². The molecule has 3 aliphatic carbocycles. The number of aliphatic hydroxyl groups excluding tert-OH is 2. The Bertz CT molecular complexity index is 1270. The van der Waals surface area contributed by atoms with Crippen LogP contribution in [0.5, 0.6) is 5.75 Å². The summed E-state index contributed by atoms with van der Waals surface area (Å²) in [6, 6.07) is 2.31. The maximum absolute atomic E-state index is 13.9. The van der Waals surface area contributed by atoms with Crippen LogP contribution < -0.4 is 10.6 Å². The van der Waals surface area contributed by atoms with Gasteiger partial charge in [-0.15, -0.1) is 0 Å². The molecule has 2 heterocycles. The van der Waals surface area contributed by atoms with E-state index in [1.165, 1.54) is 6.07 Å². The van der Waals surface area contributed by atoms with E-state index in [1.54, 1.807) is 4.90 Å². The Morgan fingerprint density at radius 1 is 1.03 bits per heavy atom. The Hall–Kier alpha value is -3.37. The zero-order valence-corrected chi connectivity index (χ0v) is 19.7. The third-order valence-electron chi connectivity index (χ3n) is 8.75. The van der Waals surface area contributed by atoms with E-state index in [9.17, 15) is 34.8 Å². The molecule has 190 valence electrons. The minimum absolute atomic E-state index is 0.109. The molecule has 3 fully saturated rings. The Morgan fingerprint density at radius 3 is 2.33 bits per heavy atom. The molecular formula is C26H29N3O7. The van der Waals surface area contributed by atoms with Gasteiger partial charge in [-0.2, -0.15) is 0 Å². The van der Waals surface area contributed by atoms with E-state index in [-0.39, 0.29) is 23.3 Å². The summed E-state index contributed by atoms with van der Waals surface area (Å²) in [6.07, 6.45) is 3.34. The van der Waals surface area contributed by atoms with E-state index in [0.29, 0.717) is 19.5 Å². The van der Waals surface area contributed by atoms with Crippen molar-refractivity contribution in [3.8, 4) is 5.75 Å². The highest BCUT2D eigenvalue weighted by atomic mass is 16.3. The van der Waals surface area contributed by atoms with Crippen LogP contribution in [0.15, 0.2) is 29.0 Å². The van der Waals surface area contributed by atoms with Crippen LogP contribution in [-0.4, -0.2) is 80.6 Å². The van der Waals surface area contributed by atoms with Crippen molar-refractivity contribution >= 4 is 28.9 Å². The van der Waals surface area contributed by atoms with Crippen LogP contribution in [0.3, 0.4) is 0 Å². The predicted molar refractivity (Wildman–Crippen MR) is 128 cm³/mol. The van der Waals surface area contributed by atoms with Crippen molar-refractivity contribution in [1.29, 1.82) is 0 Å². The van der Waals surface area contributed by atoms with Crippen LogP contribution in [0.2, 0.25) is 0 Å². The molecule has 1 aromatic rings. The second-order valence-corrected chi connectivity index (χ2v) is 10.5. The van der Waals surface area contributed by atoms with E-state index in [4.69, 9.17) is 5.73 Å². The number of rotatable bonds is 3. The molecule has 10 nitrogen and oxygen atoms in total. The smallest absolute Gasteiger partial charge is 0.255 e.